The molecule has 136 valence electrons. The zero-order valence-electron chi connectivity index (χ0n) is 14.1. The Kier molecular flexibility index (Phi) is 4.70. The Hall–Kier alpha value is -3.23. The maximum atomic E-state index is 12.7. The molecule has 0 unspecified atom stereocenters. The van der Waals surface area contributed by atoms with Crippen LogP contribution in [0.15, 0.2) is 36.5 Å². The van der Waals surface area contributed by atoms with Gasteiger partial charge in [0.25, 0.3) is 11.6 Å². The molecule has 9 nitrogen and oxygen atoms in total. The van der Waals surface area contributed by atoms with Crippen LogP contribution < -0.4 is 0 Å². The molecule has 0 saturated carbocycles. The lowest BCUT2D eigenvalue weighted by molar-refractivity contribution is -0.384. The lowest BCUT2D eigenvalue weighted by Crippen LogP contribution is -2.49. The van der Waals surface area contributed by atoms with E-state index in [-0.39, 0.29) is 17.3 Å². The molecule has 1 aliphatic heterocycles. The summed E-state index contributed by atoms with van der Waals surface area (Å²) in [5.41, 5.74) is 0.572. The summed E-state index contributed by atoms with van der Waals surface area (Å²) in [4.78, 5) is 36.0. The molecule has 0 spiro atoms. The molecule has 2 heterocycles. The van der Waals surface area contributed by atoms with Gasteiger partial charge in [-0.15, -0.1) is 0 Å². The molecule has 0 aliphatic carbocycles. The van der Waals surface area contributed by atoms with Gasteiger partial charge in [-0.05, 0) is 31.9 Å². The lowest BCUT2D eigenvalue weighted by Gasteiger charge is -2.37. The van der Waals surface area contributed by atoms with Crippen LogP contribution in [-0.2, 0) is 4.79 Å². The van der Waals surface area contributed by atoms with E-state index in [0.717, 1.165) is 0 Å². The molecule has 0 radical (unpaired) electrons. The Balaban J connectivity index is 1.83. The highest BCUT2D eigenvalue weighted by Gasteiger charge is 2.36. The third-order valence-electron chi connectivity index (χ3n) is 4.68. The zero-order valence-corrected chi connectivity index (χ0v) is 14.1. The van der Waals surface area contributed by atoms with Gasteiger partial charge in [0.05, 0.1) is 16.5 Å². The van der Waals surface area contributed by atoms with Crippen molar-refractivity contribution in [2.75, 3.05) is 6.54 Å². The molecule has 2 aromatic rings. The third kappa shape index (κ3) is 3.28. The zero-order chi connectivity index (χ0) is 18.8. The van der Waals surface area contributed by atoms with Gasteiger partial charge in [-0.2, -0.15) is 5.10 Å². The summed E-state index contributed by atoms with van der Waals surface area (Å²) in [6, 6.07) is 7.04. The lowest BCUT2D eigenvalue weighted by atomic mass is 9.90. The minimum Gasteiger partial charge on any atom is -0.481 e. The van der Waals surface area contributed by atoms with Gasteiger partial charge in [0.15, 0.2) is 5.69 Å². The van der Waals surface area contributed by atoms with Crippen LogP contribution in [0.4, 0.5) is 5.69 Å². The normalized spacial score (nSPS) is 20.0. The van der Waals surface area contributed by atoms with Gasteiger partial charge in [0.2, 0.25) is 0 Å². The van der Waals surface area contributed by atoms with E-state index in [1.807, 2.05) is 0 Å². The minimum atomic E-state index is -0.905. The van der Waals surface area contributed by atoms with Crippen molar-refractivity contribution < 1.29 is 19.6 Å². The molecule has 1 N–H and O–H groups in total. The van der Waals surface area contributed by atoms with Crippen molar-refractivity contribution in [1.82, 2.24) is 14.7 Å². The van der Waals surface area contributed by atoms with Crippen molar-refractivity contribution in [2.45, 2.75) is 25.8 Å². The largest absolute Gasteiger partial charge is 0.481 e. The standard InChI is InChI=1S/C17H18N4O5/c1-11-14(17(23)24)6-3-8-19(11)16(22)15-7-9-20(18-15)12-4-2-5-13(10-12)21(25)26/h2,4-5,7,9-11,14H,3,6,8H2,1H3,(H,23,24)/t11-,14-/m1/s1. The van der Waals surface area contributed by atoms with Crippen LogP contribution in [-0.4, -0.2) is 49.2 Å². The van der Waals surface area contributed by atoms with E-state index < -0.39 is 22.9 Å². The molecule has 1 saturated heterocycles. The number of carboxylic acid groups (broad SMARTS) is 1. The average Bonchev–Trinajstić information content (AvgIpc) is 3.11. The Morgan fingerprint density at radius 1 is 1.35 bits per heavy atom. The molecular weight excluding hydrogens is 340 g/mol. The van der Waals surface area contributed by atoms with E-state index in [0.29, 0.717) is 25.1 Å². The number of carbonyl (C=O) groups is 2. The van der Waals surface area contributed by atoms with E-state index in [4.69, 9.17) is 0 Å². The highest BCUT2D eigenvalue weighted by Crippen LogP contribution is 2.25. The van der Waals surface area contributed by atoms with Crippen LogP contribution in [0.5, 0.6) is 0 Å². The van der Waals surface area contributed by atoms with Gasteiger partial charge in [-0.3, -0.25) is 19.7 Å². The second kappa shape index (κ2) is 6.95. The number of hydrogen-bond donors (Lipinski definition) is 1. The predicted molar refractivity (Wildman–Crippen MR) is 91.1 cm³/mol. The molecular formula is C17H18N4O5. The van der Waals surface area contributed by atoms with Gasteiger partial charge in [-0.25, -0.2) is 4.68 Å². The number of nitro benzene ring substituents is 1. The number of rotatable bonds is 4. The van der Waals surface area contributed by atoms with Crippen molar-refractivity contribution in [1.29, 1.82) is 0 Å². The van der Waals surface area contributed by atoms with Crippen molar-refractivity contribution in [3.63, 3.8) is 0 Å². The van der Waals surface area contributed by atoms with Crippen molar-refractivity contribution in [3.8, 4) is 5.69 Å². The molecule has 1 aromatic heterocycles. The van der Waals surface area contributed by atoms with Gasteiger partial charge in [0.1, 0.15) is 0 Å². The van der Waals surface area contributed by atoms with E-state index in [9.17, 15) is 24.8 Å². The van der Waals surface area contributed by atoms with Crippen LogP contribution in [0.1, 0.15) is 30.3 Å². The summed E-state index contributed by atoms with van der Waals surface area (Å²) in [5.74, 6) is -1.84. The van der Waals surface area contributed by atoms with Gasteiger partial charge in [-0.1, -0.05) is 6.07 Å². The van der Waals surface area contributed by atoms with Crippen LogP contribution >= 0.6 is 0 Å². The number of carboxylic acids is 1. The van der Waals surface area contributed by atoms with Gasteiger partial charge in [0, 0.05) is 30.9 Å². The molecule has 0 bridgehead atoms. The monoisotopic (exact) mass is 358 g/mol. The molecule has 1 aliphatic rings. The van der Waals surface area contributed by atoms with Crippen molar-refractivity contribution in [2.24, 2.45) is 5.92 Å². The molecule has 1 aromatic carbocycles. The van der Waals surface area contributed by atoms with E-state index in [2.05, 4.69) is 5.10 Å². The minimum absolute atomic E-state index is 0.0696. The number of piperidine rings is 1. The first-order valence-electron chi connectivity index (χ1n) is 8.23. The first-order chi connectivity index (χ1) is 12.4. The Bertz CT molecular complexity index is 862. The summed E-state index contributed by atoms with van der Waals surface area (Å²) in [6.45, 7) is 2.21. The number of aromatic nitrogens is 2. The average molecular weight is 358 g/mol. The second-order valence-electron chi connectivity index (χ2n) is 6.25. The fourth-order valence-corrected chi connectivity index (χ4v) is 3.24. The molecule has 2 atom stereocenters. The SMILES string of the molecule is C[C@@H]1[C@H](C(=O)O)CCCN1C(=O)c1ccn(-c2cccc([N+](=O)[O-])c2)n1. The number of likely N-dealkylation sites (tertiary alicyclic amines) is 1. The second-order valence-corrected chi connectivity index (χ2v) is 6.25. The van der Waals surface area contributed by atoms with Crippen molar-refractivity contribution in [3.05, 3.63) is 52.3 Å². The van der Waals surface area contributed by atoms with Crippen LogP contribution in [0, 0.1) is 16.0 Å². The molecule has 1 amide bonds. The van der Waals surface area contributed by atoms with Gasteiger partial charge >= 0.3 is 5.97 Å². The van der Waals surface area contributed by atoms with Crippen LogP contribution in [0.25, 0.3) is 5.69 Å². The predicted octanol–water partition coefficient (Wildman–Crippen LogP) is 2.11. The van der Waals surface area contributed by atoms with Crippen molar-refractivity contribution >= 4 is 17.6 Å². The summed E-state index contributed by atoms with van der Waals surface area (Å²) < 4.78 is 1.39. The number of hydrogen-bond acceptors (Lipinski definition) is 5. The maximum Gasteiger partial charge on any atom is 0.308 e. The number of nitro groups is 1. The fraction of sp³-hybridized carbons (Fsp3) is 0.353. The molecule has 3 rings (SSSR count). The summed E-state index contributed by atoms with van der Waals surface area (Å²) >= 11 is 0. The highest BCUT2D eigenvalue weighted by atomic mass is 16.6. The number of non-ortho nitro benzene ring substituents is 1. The van der Waals surface area contributed by atoms with Crippen LogP contribution in [0.3, 0.4) is 0 Å². The number of aliphatic carboxylic acids is 1. The maximum absolute atomic E-state index is 12.7. The fourth-order valence-electron chi connectivity index (χ4n) is 3.24. The van der Waals surface area contributed by atoms with E-state index >= 15 is 0 Å². The Labute approximate surface area is 149 Å². The molecule has 1 fully saturated rings. The van der Waals surface area contributed by atoms with E-state index in [1.165, 1.54) is 27.8 Å². The van der Waals surface area contributed by atoms with Crippen LogP contribution in [0.2, 0.25) is 0 Å². The highest BCUT2D eigenvalue weighted by molar-refractivity contribution is 5.93. The summed E-state index contributed by atoms with van der Waals surface area (Å²) in [6.07, 6.45) is 2.72. The summed E-state index contributed by atoms with van der Waals surface area (Å²) in [7, 11) is 0. The Morgan fingerprint density at radius 2 is 2.12 bits per heavy atom. The quantitative estimate of drug-likeness (QED) is 0.660. The number of amides is 1. The first-order valence-corrected chi connectivity index (χ1v) is 8.23. The third-order valence-corrected chi connectivity index (χ3v) is 4.68. The Morgan fingerprint density at radius 3 is 2.81 bits per heavy atom. The number of nitrogens with zero attached hydrogens (tertiary/aromatic N) is 4. The topological polar surface area (TPSA) is 119 Å². The smallest absolute Gasteiger partial charge is 0.308 e. The molecule has 26 heavy (non-hydrogen) atoms. The van der Waals surface area contributed by atoms with Gasteiger partial charge < -0.3 is 10.0 Å². The molecule has 9 heteroatoms. The number of benzene rings is 1. The van der Waals surface area contributed by atoms with E-state index in [1.54, 1.807) is 25.3 Å². The number of carbonyl (C=O) groups excluding carboxylic acids is 1. The first kappa shape index (κ1) is 17.6. The summed E-state index contributed by atoms with van der Waals surface area (Å²) in [5, 5.41) is 24.4.